The number of nitrogens with zero attached hydrogens (tertiary/aromatic N) is 1. The van der Waals surface area contributed by atoms with Crippen molar-refractivity contribution in [3.63, 3.8) is 0 Å². The molecule has 0 bridgehead atoms. The zero-order chi connectivity index (χ0) is 18.8. The molecule has 0 spiro atoms. The molecule has 2 rings (SSSR count). The first-order chi connectivity index (χ1) is 11.6. The van der Waals surface area contributed by atoms with Crippen molar-refractivity contribution in [3.05, 3.63) is 46.7 Å². The van der Waals surface area contributed by atoms with E-state index in [1.54, 1.807) is 12.1 Å². The van der Waals surface area contributed by atoms with Crippen LogP contribution in [0.25, 0.3) is 11.1 Å². The first kappa shape index (κ1) is 18.9. The van der Waals surface area contributed by atoms with Crippen LogP contribution in [0.4, 0.5) is 0 Å². The number of aromatic hydroxyl groups is 1. The molecule has 1 heterocycles. The summed E-state index contributed by atoms with van der Waals surface area (Å²) in [5.74, 6) is -2.27. The van der Waals surface area contributed by atoms with E-state index >= 15 is 0 Å². The highest BCUT2D eigenvalue weighted by Gasteiger charge is 2.21. The number of pyridine rings is 1. The van der Waals surface area contributed by atoms with E-state index in [-0.39, 0.29) is 16.6 Å². The minimum atomic E-state index is -1.18. The summed E-state index contributed by atoms with van der Waals surface area (Å²) in [5, 5.41) is 21.3. The molecule has 1 aromatic carbocycles. The Bertz CT molecular complexity index is 840. The van der Waals surface area contributed by atoms with Crippen LogP contribution in [0.15, 0.2) is 30.5 Å². The summed E-state index contributed by atoms with van der Waals surface area (Å²) in [7, 11) is 6.17. The fourth-order valence-corrected chi connectivity index (χ4v) is 2.60. The van der Waals surface area contributed by atoms with Crippen LogP contribution < -0.4 is 5.32 Å². The van der Waals surface area contributed by atoms with E-state index in [1.807, 2.05) is 6.07 Å². The van der Waals surface area contributed by atoms with Crippen molar-refractivity contribution in [1.82, 2.24) is 10.3 Å². The molecule has 0 saturated heterocycles. The number of nitrogens with one attached hydrogen (secondary N) is 1. The molecule has 1 aromatic heterocycles. The van der Waals surface area contributed by atoms with Gasteiger partial charge in [-0.1, -0.05) is 28.3 Å². The van der Waals surface area contributed by atoms with Gasteiger partial charge in [0.05, 0.1) is 23.5 Å². The third-order valence-corrected chi connectivity index (χ3v) is 3.82. The summed E-state index contributed by atoms with van der Waals surface area (Å²) in [6.45, 7) is -0.551. The maximum Gasteiger partial charge on any atom is 0.322 e. The third kappa shape index (κ3) is 4.57. The second-order valence-electron chi connectivity index (χ2n) is 6.61. The molecule has 0 atom stereocenters. The van der Waals surface area contributed by atoms with E-state index in [4.69, 9.17) is 16.7 Å². The number of hydrogen-bond donors (Lipinski definition) is 3. The molecule has 1 amide bonds. The molecule has 6 nitrogen and oxygen atoms in total. The lowest BCUT2D eigenvalue weighted by atomic mass is 9.39. The number of benzene rings is 1. The second-order valence-corrected chi connectivity index (χ2v) is 7.04. The van der Waals surface area contributed by atoms with E-state index in [0.717, 1.165) is 11.1 Å². The normalized spacial score (nSPS) is 11.1. The lowest BCUT2D eigenvalue weighted by Gasteiger charge is -2.23. The van der Waals surface area contributed by atoms with Gasteiger partial charge in [-0.3, -0.25) is 9.59 Å². The first-order valence-electron chi connectivity index (χ1n) is 7.59. The van der Waals surface area contributed by atoms with Gasteiger partial charge in [0, 0.05) is 16.8 Å². The highest BCUT2D eigenvalue weighted by Crippen LogP contribution is 2.33. The summed E-state index contributed by atoms with van der Waals surface area (Å²) in [6.07, 6.45) is 1.45. The van der Waals surface area contributed by atoms with Gasteiger partial charge in [-0.2, -0.15) is 0 Å². The molecule has 10 heteroatoms. The number of carbonyl (C=O) groups excluding carboxylic acids is 1. The van der Waals surface area contributed by atoms with E-state index in [0.29, 0.717) is 10.6 Å². The number of carbonyl (C=O) groups is 2. The summed E-state index contributed by atoms with van der Waals surface area (Å²) in [4.78, 5) is 26.4. The monoisotopic (exact) mass is 356 g/mol. The Kier molecular flexibility index (Phi) is 5.47. The molecular formula is C15H16B3ClN2O4. The number of amides is 1. The van der Waals surface area contributed by atoms with Crippen molar-refractivity contribution in [2.24, 2.45) is 0 Å². The van der Waals surface area contributed by atoms with Gasteiger partial charge in [-0.15, -0.1) is 0 Å². The third-order valence-electron chi connectivity index (χ3n) is 3.58. The molecule has 0 aliphatic carbocycles. The Morgan fingerprint density at radius 2 is 1.92 bits per heavy atom. The predicted octanol–water partition coefficient (Wildman–Crippen LogP) is -1.07. The maximum atomic E-state index is 11.9. The quantitative estimate of drug-likeness (QED) is 0.593. The molecule has 0 saturated carbocycles. The minimum absolute atomic E-state index is 0.160. The van der Waals surface area contributed by atoms with Crippen LogP contribution >= 0.6 is 11.6 Å². The number of carboxylic acids is 1. The highest BCUT2D eigenvalue weighted by atomic mass is 35.5. The molecule has 0 radical (unpaired) electrons. The number of carboxylic acid groups (broad SMARTS) is 1. The topological polar surface area (TPSA) is 99.5 Å². The number of rotatable bonds is 5. The van der Waals surface area contributed by atoms with Crippen molar-refractivity contribution in [2.45, 2.75) is 5.11 Å². The highest BCUT2D eigenvalue weighted by molar-refractivity contribution is 6.59. The van der Waals surface area contributed by atoms with E-state index in [1.165, 1.54) is 12.3 Å². The Morgan fingerprint density at radius 3 is 2.48 bits per heavy atom. The van der Waals surface area contributed by atoms with Crippen LogP contribution in [-0.2, 0) is 9.91 Å². The van der Waals surface area contributed by atoms with Crippen LogP contribution in [0.1, 0.15) is 16.1 Å². The zero-order valence-electron chi connectivity index (χ0n) is 14.1. The SMILES string of the molecule is BC(B)(B)c1ccc(Cl)cc1-c1cnc(C(=O)NCC(=O)O)c(O)c1. The smallest absolute Gasteiger partial charge is 0.322 e. The van der Waals surface area contributed by atoms with Crippen LogP contribution in [0, 0.1) is 0 Å². The number of aromatic nitrogens is 1. The fraction of sp³-hybridized carbons (Fsp3) is 0.133. The average molecular weight is 356 g/mol. The maximum absolute atomic E-state index is 11.9. The summed E-state index contributed by atoms with van der Waals surface area (Å²) < 4.78 is 0. The Hall–Kier alpha value is -2.41. The zero-order valence-corrected chi connectivity index (χ0v) is 14.9. The van der Waals surface area contributed by atoms with Crippen LogP contribution in [-0.4, -0.2) is 57.2 Å². The number of aliphatic carboxylic acids is 1. The molecule has 0 aliphatic heterocycles. The van der Waals surface area contributed by atoms with Crippen LogP contribution in [0.2, 0.25) is 5.02 Å². The van der Waals surface area contributed by atoms with E-state index < -0.39 is 18.4 Å². The lowest BCUT2D eigenvalue weighted by molar-refractivity contribution is -0.135. The van der Waals surface area contributed by atoms with Crippen LogP contribution in [0.5, 0.6) is 5.75 Å². The Morgan fingerprint density at radius 1 is 1.24 bits per heavy atom. The summed E-state index contributed by atoms with van der Waals surface area (Å²) in [6, 6.07) is 6.92. The van der Waals surface area contributed by atoms with Gasteiger partial charge in [0.15, 0.2) is 5.69 Å². The van der Waals surface area contributed by atoms with Gasteiger partial charge >= 0.3 is 5.97 Å². The number of halogens is 1. The van der Waals surface area contributed by atoms with Crippen molar-refractivity contribution >= 4 is 47.0 Å². The Labute approximate surface area is 152 Å². The summed E-state index contributed by atoms with van der Waals surface area (Å²) in [5.41, 5.74) is 2.20. The van der Waals surface area contributed by atoms with Gasteiger partial charge in [0.25, 0.3) is 5.91 Å². The molecule has 0 aliphatic rings. The van der Waals surface area contributed by atoms with E-state index in [9.17, 15) is 14.7 Å². The predicted molar refractivity (Wildman–Crippen MR) is 104 cm³/mol. The van der Waals surface area contributed by atoms with Gasteiger partial charge in [-0.05, 0) is 23.8 Å². The Balaban J connectivity index is 2.43. The van der Waals surface area contributed by atoms with E-state index in [2.05, 4.69) is 33.8 Å². The molecule has 2 aromatic rings. The largest absolute Gasteiger partial charge is 0.505 e. The average Bonchev–Trinajstić information content (AvgIpc) is 2.51. The van der Waals surface area contributed by atoms with Crippen molar-refractivity contribution in [3.8, 4) is 16.9 Å². The second kappa shape index (κ2) is 7.23. The number of hydrogen-bond acceptors (Lipinski definition) is 4. The van der Waals surface area contributed by atoms with Gasteiger partial charge in [0.2, 0.25) is 0 Å². The molecule has 0 unspecified atom stereocenters. The van der Waals surface area contributed by atoms with Gasteiger partial charge < -0.3 is 15.5 Å². The van der Waals surface area contributed by atoms with Gasteiger partial charge in [-0.25, -0.2) is 4.98 Å². The first-order valence-corrected chi connectivity index (χ1v) is 7.97. The van der Waals surface area contributed by atoms with Gasteiger partial charge in [0.1, 0.15) is 12.3 Å². The standard InChI is InChI=1S/C15H16B3ClN2O4/c16-15(17,18)10-2-1-8(19)4-9(10)7-3-11(22)13(20-5-7)14(25)21-6-12(23)24/h1-5,22H,6,16-18H2,(H,21,25)(H,23,24). The summed E-state index contributed by atoms with van der Waals surface area (Å²) >= 11 is 6.11. The van der Waals surface area contributed by atoms with Crippen molar-refractivity contribution in [1.29, 1.82) is 0 Å². The fourth-order valence-electron chi connectivity index (χ4n) is 2.42. The minimum Gasteiger partial charge on any atom is -0.505 e. The molecule has 0 fully saturated rings. The molecule has 25 heavy (non-hydrogen) atoms. The van der Waals surface area contributed by atoms with Crippen LogP contribution in [0.3, 0.4) is 0 Å². The van der Waals surface area contributed by atoms with Crippen molar-refractivity contribution < 1.29 is 19.8 Å². The molecule has 3 N–H and O–H groups in total. The lowest BCUT2D eigenvalue weighted by Crippen LogP contribution is -2.30. The molecular weight excluding hydrogens is 340 g/mol. The van der Waals surface area contributed by atoms with Crippen molar-refractivity contribution in [2.75, 3.05) is 6.54 Å². The molecule has 126 valence electrons.